The molecule has 110 valence electrons. The monoisotopic (exact) mass is 269 g/mol. The summed E-state index contributed by atoms with van der Waals surface area (Å²) in [5.74, 6) is -0.780. The molecule has 1 rings (SSSR count). The van der Waals surface area contributed by atoms with Gasteiger partial charge >= 0.3 is 5.97 Å². The van der Waals surface area contributed by atoms with Crippen LogP contribution >= 0.6 is 0 Å². The van der Waals surface area contributed by atoms with E-state index in [1.807, 2.05) is 11.8 Å². The molecule has 4 heteroatoms. The van der Waals surface area contributed by atoms with Crippen LogP contribution in [0.3, 0.4) is 0 Å². The van der Waals surface area contributed by atoms with E-state index >= 15 is 0 Å². The quantitative estimate of drug-likeness (QED) is 0.806. The summed E-state index contributed by atoms with van der Waals surface area (Å²) in [5.41, 5.74) is 0. The molecule has 4 nitrogen and oxygen atoms in total. The molecule has 19 heavy (non-hydrogen) atoms. The van der Waals surface area contributed by atoms with Crippen molar-refractivity contribution in [2.45, 2.75) is 47.0 Å². The minimum Gasteiger partial charge on any atom is -0.481 e. The number of carboxylic acids is 1. The molecule has 1 aliphatic carbocycles. The van der Waals surface area contributed by atoms with E-state index in [9.17, 15) is 14.7 Å². The Hall–Kier alpha value is -1.06. The first-order valence-corrected chi connectivity index (χ1v) is 7.42. The summed E-state index contributed by atoms with van der Waals surface area (Å²) in [4.78, 5) is 25.7. The SMILES string of the molecule is CCC1C[C@H](C(=O)N(CC)CC(C)C)[C@H](C(=O)O)C1. The van der Waals surface area contributed by atoms with Crippen LogP contribution in [0.25, 0.3) is 0 Å². The van der Waals surface area contributed by atoms with Crippen LogP contribution in [-0.2, 0) is 9.59 Å². The minimum absolute atomic E-state index is 0.0413. The van der Waals surface area contributed by atoms with Gasteiger partial charge in [0, 0.05) is 13.1 Å². The van der Waals surface area contributed by atoms with Gasteiger partial charge in [0.15, 0.2) is 0 Å². The number of hydrogen-bond donors (Lipinski definition) is 1. The molecule has 1 N–H and O–H groups in total. The zero-order valence-electron chi connectivity index (χ0n) is 12.6. The van der Waals surface area contributed by atoms with E-state index in [4.69, 9.17) is 0 Å². The Labute approximate surface area is 116 Å². The summed E-state index contributed by atoms with van der Waals surface area (Å²) in [6, 6.07) is 0. The fourth-order valence-corrected chi connectivity index (χ4v) is 3.07. The Balaban J connectivity index is 2.80. The first kappa shape index (κ1) is 16.0. The zero-order chi connectivity index (χ0) is 14.6. The van der Waals surface area contributed by atoms with Crippen LogP contribution in [0.15, 0.2) is 0 Å². The van der Waals surface area contributed by atoms with Crippen molar-refractivity contribution >= 4 is 11.9 Å². The van der Waals surface area contributed by atoms with E-state index in [2.05, 4.69) is 20.8 Å². The number of carbonyl (C=O) groups is 2. The molecule has 1 fully saturated rings. The Kier molecular flexibility index (Phi) is 5.83. The van der Waals surface area contributed by atoms with Crippen LogP contribution in [0, 0.1) is 23.7 Å². The van der Waals surface area contributed by atoms with Gasteiger partial charge in [-0.1, -0.05) is 27.2 Å². The number of hydrogen-bond acceptors (Lipinski definition) is 2. The Morgan fingerprint density at radius 2 is 1.79 bits per heavy atom. The second-order valence-electron chi connectivity index (χ2n) is 6.07. The van der Waals surface area contributed by atoms with Gasteiger partial charge in [-0.2, -0.15) is 0 Å². The van der Waals surface area contributed by atoms with Gasteiger partial charge in [-0.05, 0) is 31.6 Å². The molecule has 0 radical (unpaired) electrons. The molecule has 0 heterocycles. The second-order valence-corrected chi connectivity index (χ2v) is 6.07. The lowest BCUT2D eigenvalue weighted by molar-refractivity contribution is -0.149. The van der Waals surface area contributed by atoms with Crippen LogP contribution in [0.1, 0.15) is 47.0 Å². The molecule has 0 aromatic rings. The van der Waals surface area contributed by atoms with E-state index in [1.165, 1.54) is 0 Å². The highest BCUT2D eigenvalue weighted by Crippen LogP contribution is 2.39. The average Bonchev–Trinajstić information content (AvgIpc) is 2.79. The zero-order valence-corrected chi connectivity index (χ0v) is 12.6. The summed E-state index contributed by atoms with van der Waals surface area (Å²) in [5, 5.41) is 9.31. The highest BCUT2D eigenvalue weighted by molar-refractivity contribution is 5.85. The summed E-state index contributed by atoms with van der Waals surface area (Å²) in [7, 11) is 0. The summed E-state index contributed by atoms with van der Waals surface area (Å²) in [6.07, 6.45) is 2.35. The fourth-order valence-electron chi connectivity index (χ4n) is 3.07. The van der Waals surface area contributed by atoms with Crippen molar-refractivity contribution in [1.29, 1.82) is 0 Å². The molecule has 1 saturated carbocycles. The molecule has 0 spiro atoms. The maximum absolute atomic E-state index is 12.6. The topological polar surface area (TPSA) is 57.6 Å². The second kappa shape index (κ2) is 6.92. The minimum atomic E-state index is -0.810. The lowest BCUT2D eigenvalue weighted by atomic mass is 9.94. The molecule has 1 aliphatic rings. The highest BCUT2D eigenvalue weighted by Gasteiger charge is 2.43. The number of aliphatic carboxylic acids is 1. The molecule has 3 atom stereocenters. The number of nitrogens with zero attached hydrogens (tertiary/aromatic N) is 1. The maximum Gasteiger partial charge on any atom is 0.307 e. The molecule has 0 saturated heterocycles. The van der Waals surface area contributed by atoms with Gasteiger partial charge in [0.2, 0.25) is 5.91 Å². The molecule has 0 aromatic heterocycles. The molecule has 0 aromatic carbocycles. The van der Waals surface area contributed by atoms with Crippen LogP contribution in [0.2, 0.25) is 0 Å². The predicted octanol–water partition coefficient (Wildman–Crippen LogP) is 2.63. The van der Waals surface area contributed by atoms with Gasteiger partial charge < -0.3 is 10.0 Å². The molecular weight excluding hydrogens is 242 g/mol. The van der Waals surface area contributed by atoms with Crippen molar-refractivity contribution in [2.75, 3.05) is 13.1 Å². The third kappa shape index (κ3) is 3.95. The number of carbonyl (C=O) groups excluding carboxylic acids is 1. The molecule has 1 unspecified atom stereocenters. The Bertz CT molecular complexity index is 327. The van der Waals surface area contributed by atoms with Crippen LogP contribution < -0.4 is 0 Å². The molecular formula is C15H27NO3. The van der Waals surface area contributed by atoms with Crippen molar-refractivity contribution in [3.05, 3.63) is 0 Å². The highest BCUT2D eigenvalue weighted by atomic mass is 16.4. The van der Waals surface area contributed by atoms with Crippen LogP contribution in [-0.4, -0.2) is 35.0 Å². The Morgan fingerprint density at radius 1 is 1.21 bits per heavy atom. The predicted molar refractivity (Wildman–Crippen MR) is 74.7 cm³/mol. The largest absolute Gasteiger partial charge is 0.481 e. The average molecular weight is 269 g/mol. The van der Waals surface area contributed by atoms with Crippen LogP contribution in [0.5, 0.6) is 0 Å². The van der Waals surface area contributed by atoms with Crippen molar-refractivity contribution in [2.24, 2.45) is 23.7 Å². The number of rotatable bonds is 6. The van der Waals surface area contributed by atoms with Crippen molar-refractivity contribution in [3.8, 4) is 0 Å². The van der Waals surface area contributed by atoms with Crippen LogP contribution in [0.4, 0.5) is 0 Å². The van der Waals surface area contributed by atoms with E-state index in [-0.39, 0.29) is 11.8 Å². The normalized spacial score (nSPS) is 26.7. The van der Waals surface area contributed by atoms with Crippen molar-refractivity contribution in [3.63, 3.8) is 0 Å². The van der Waals surface area contributed by atoms with Gasteiger partial charge in [-0.15, -0.1) is 0 Å². The smallest absolute Gasteiger partial charge is 0.307 e. The first-order valence-electron chi connectivity index (χ1n) is 7.42. The van der Waals surface area contributed by atoms with Gasteiger partial charge in [-0.3, -0.25) is 9.59 Å². The summed E-state index contributed by atoms with van der Waals surface area (Å²) < 4.78 is 0. The molecule has 1 amide bonds. The lowest BCUT2D eigenvalue weighted by Crippen LogP contribution is -2.41. The van der Waals surface area contributed by atoms with E-state index in [0.717, 1.165) is 19.4 Å². The maximum atomic E-state index is 12.6. The lowest BCUT2D eigenvalue weighted by Gasteiger charge is -2.27. The Morgan fingerprint density at radius 3 is 2.21 bits per heavy atom. The fraction of sp³-hybridized carbons (Fsp3) is 0.867. The van der Waals surface area contributed by atoms with E-state index in [0.29, 0.717) is 24.8 Å². The standard InChI is InChI=1S/C15H27NO3/c1-5-11-7-12(13(8-11)15(18)19)14(17)16(6-2)9-10(3)4/h10-13H,5-9H2,1-4H3,(H,18,19)/t11?,12-,13+/m0/s1. The van der Waals surface area contributed by atoms with Gasteiger partial charge in [0.05, 0.1) is 11.8 Å². The molecule has 0 aliphatic heterocycles. The third-order valence-corrected chi connectivity index (χ3v) is 4.15. The van der Waals surface area contributed by atoms with E-state index < -0.39 is 11.9 Å². The summed E-state index contributed by atoms with van der Waals surface area (Å²) in [6.45, 7) is 9.57. The van der Waals surface area contributed by atoms with E-state index in [1.54, 1.807) is 0 Å². The van der Waals surface area contributed by atoms with Crippen molar-refractivity contribution in [1.82, 2.24) is 4.90 Å². The number of carboxylic acid groups (broad SMARTS) is 1. The number of amides is 1. The summed E-state index contributed by atoms with van der Waals surface area (Å²) >= 11 is 0. The first-order chi connectivity index (χ1) is 8.90. The van der Waals surface area contributed by atoms with Gasteiger partial charge in [0.1, 0.15) is 0 Å². The molecule has 0 bridgehead atoms. The third-order valence-electron chi connectivity index (χ3n) is 4.15. The van der Waals surface area contributed by atoms with Gasteiger partial charge in [-0.25, -0.2) is 0 Å². The van der Waals surface area contributed by atoms with Gasteiger partial charge in [0.25, 0.3) is 0 Å². The van der Waals surface area contributed by atoms with Crippen molar-refractivity contribution < 1.29 is 14.7 Å².